The van der Waals surface area contributed by atoms with Gasteiger partial charge in [-0.15, -0.1) is 0 Å². The molecular weight excluding hydrogens is 266 g/mol. The van der Waals surface area contributed by atoms with E-state index in [2.05, 4.69) is 24.2 Å². The summed E-state index contributed by atoms with van der Waals surface area (Å²) in [5.41, 5.74) is 0.706. The molecule has 1 aromatic carbocycles. The van der Waals surface area contributed by atoms with Crippen LogP contribution in [-0.2, 0) is 0 Å². The number of nitrogens with zero attached hydrogens (tertiary/aromatic N) is 2. The Balaban J connectivity index is 2.02. The van der Waals surface area contributed by atoms with Crippen LogP contribution < -0.4 is 10.1 Å². The molecule has 1 saturated heterocycles. The third-order valence-corrected chi connectivity index (χ3v) is 4.23. The molecule has 5 nitrogen and oxygen atoms in total. The topological polar surface area (TPSA) is 44.8 Å². The number of carbonyl (C=O) groups is 1. The number of likely N-dealkylation sites (tertiary alicyclic amines) is 1. The van der Waals surface area contributed by atoms with Gasteiger partial charge >= 0.3 is 6.03 Å². The summed E-state index contributed by atoms with van der Waals surface area (Å²) in [4.78, 5) is 16.6. The fraction of sp³-hybridized carbons (Fsp3) is 0.562. The van der Waals surface area contributed by atoms with Gasteiger partial charge in [0.15, 0.2) is 0 Å². The Kier molecular flexibility index (Phi) is 5.07. The van der Waals surface area contributed by atoms with E-state index in [1.165, 1.54) is 0 Å². The summed E-state index contributed by atoms with van der Waals surface area (Å²) in [5.74, 6) is 1.15. The van der Waals surface area contributed by atoms with Gasteiger partial charge in [-0.2, -0.15) is 0 Å². The summed E-state index contributed by atoms with van der Waals surface area (Å²) in [6.07, 6.45) is 1.01. The zero-order valence-corrected chi connectivity index (χ0v) is 13.3. The molecule has 21 heavy (non-hydrogen) atoms. The average Bonchev–Trinajstić information content (AvgIpc) is 2.47. The van der Waals surface area contributed by atoms with Crippen LogP contribution in [0.3, 0.4) is 0 Å². The number of ether oxygens (including phenoxy) is 1. The molecule has 1 aromatic rings. The van der Waals surface area contributed by atoms with Gasteiger partial charge in [0.25, 0.3) is 0 Å². The molecule has 116 valence electrons. The van der Waals surface area contributed by atoms with Gasteiger partial charge in [0.05, 0.1) is 12.8 Å². The van der Waals surface area contributed by atoms with Gasteiger partial charge in [0.1, 0.15) is 5.75 Å². The number of nitrogens with one attached hydrogen (secondary N) is 1. The highest BCUT2D eigenvalue weighted by Crippen LogP contribution is 2.25. The Labute approximate surface area is 126 Å². The van der Waals surface area contributed by atoms with Gasteiger partial charge in [-0.05, 0) is 38.1 Å². The first-order chi connectivity index (χ1) is 10.0. The number of amides is 2. The van der Waals surface area contributed by atoms with Crippen molar-refractivity contribution in [3.05, 3.63) is 24.3 Å². The van der Waals surface area contributed by atoms with Crippen LogP contribution >= 0.6 is 0 Å². The van der Waals surface area contributed by atoms with Crippen molar-refractivity contribution in [3.63, 3.8) is 0 Å². The third kappa shape index (κ3) is 3.67. The lowest BCUT2D eigenvalue weighted by Crippen LogP contribution is -2.50. The predicted octanol–water partition coefficient (Wildman–Crippen LogP) is 2.50. The second kappa shape index (κ2) is 6.80. The average molecular weight is 291 g/mol. The number of methoxy groups -OCH3 is 1. The Morgan fingerprint density at radius 2 is 2.14 bits per heavy atom. The maximum Gasteiger partial charge on any atom is 0.321 e. The van der Waals surface area contributed by atoms with E-state index in [0.717, 1.165) is 19.5 Å². The Hall–Kier alpha value is -1.75. The first kappa shape index (κ1) is 15.6. The quantitative estimate of drug-likeness (QED) is 0.930. The van der Waals surface area contributed by atoms with E-state index in [1.54, 1.807) is 7.11 Å². The summed E-state index contributed by atoms with van der Waals surface area (Å²) in [6, 6.07) is 7.65. The van der Waals surface area contributed by atoms with Crippen LogP contribution in [0.1, 0.15) is 13.3 Å². The van der Waals surface area contributed by atoms with E-state index in [9.17, 15) is 4.79 Å². The van der Waals surface area contributed by atoms with Gasteiger partial charge in [-0.1, -0.05) is 19.1 Å². The second-order valence-electron chi connectivity index (χ2n) is 5.84. The summed E-state index contributed by atoms with van der Waals surface area (Å²) < 4.78 is 5.27. The van der Waals surface area contributed by atoms with E-state index in [-0.39, 0.29) is 12.1 Å². The van der Waals surface area contributed by atoms with Crippen molar-refractivity contribution in [2.24, 2.45) is 5.92 Å². The highest BCUT2D eigenvalue weighted by Gasteiger charge is 2.30. The molecule has 0 saturated carbocycles. The molecule has 0 unspecified atom stereocenters. The Bertz CT molecular complexity index is 492. The van der Waals surface area contributed by atoms with Crippen molar-refractivity contribution >= 4 is 11.7 Å². The molecule has 0 bridgehead atoms. The van der Waals surface area contributed by atoms with Gasteiger partial charge in [-0.3, -0.25) is 0 Å². The predicted molar refractivity (Wildman–Crippen MR) is 84.8 cm³/mol. The van der Waals surface area contributed by atoms with Crippen molar-refractivity contribution in [2.45, 2.75) is 19.4 Å². The lowest BCUT2D eigenvalue weighted by atomic mass is 9.93. The third-order valence-electron chi connectivity index (χ3n) is 4.23. The highest BCUT2D eigenvalue weighted by molar-refractivity contribution is 5.91. The smallest absolute Gasteiger partial charge is 0.321 e. The SMILES string of the molecule is COc1ccccc1NC(=O)N(C)[C@H]1CCN(C)C[C@@H]1C. The van der Waals surface area contributed by atoms with E-state index in [1.807, 2.05) is 36.2 Å². The monoisotopic (exact) mass is 291 g/mol. The first-order valence-electron chi connectivity index (χ1n) is 7.38. The van der Waals surface area contributed by atoms with Crippen molar-refractivity contribution in [1.29, 1.82) is 0 Å². The Morgan fingerprint density at radius 1 is 1.43 bits per heavy atom. The molecule has 1 fully saturated rings. The van der Waals surface area contributed by atoms with Crippen LogP contribution in [0, 0.1) is 5.92 Å². The van der Waals surface area contributed by atoms with Crippen molar-refractivity contribution in [3.8, 4) is 5.75 Å². The molecule has 2 amide bonds. The number of para-hydroxylation sites is 2. The molecule has 1 heterocycles. The maximum absolute atomic E-state index is 12.5. The van der Waals surface area contributed by atoms with Gasteiger partial charge in [0, 0.05) is 19.6 Å². The highest BCUT2D eigenvalue weighted by atomic mass is 16.5. The van der Waals surface area contributed by atoms with Gasteiger partial charge < -0.3 is 19.9 Å². The van der Waals surface area contributed by atoms with Crippen LogP contribution in [0.15, 0.2) is 24.3 Å². The first-order valence-corrected chi connectivity index (χ1v) is 7.38. The number of anilines is 1. The molecule has 0 spiro atoms. The minimum absolute atomic E-state index is 0.0825. The molecule has 5 heteroatoms. The van der Waals surface area contributed by atoms with Crippen LogP contribution in [0.2, 0.25) is 0 Å². The van der Waals surface area contributed by atoms with Crippen LogP contribution in [-0.4, -0.2) is 56.2 Å². The van der Waals surface area contributed by atoms with Gasteiger partial charge in [-0.25, -0.2) is 4.79 Å². The molecule has 0 radical (unpaired) electrons. The van der Waals surface area contributed by atoms with E-state index in [0.29, 0.717) is 17.4 Å². The fourth-order valence-electron chi connectivity index (χ4n) is 3.02. The summed E-state index contributed by atoms with van der Waals surface area (Å²) in [6.45, 7) is 4.26. The molecule has 0 aromatic heterocycles. The number of carbonyl (C=O) groups excluding carboxylic acids is 1. The molecule has 1 aliphatic heterocycles. The number of urea groups is 1. The molecular formula is C16H25N3O2. The largest absolute Gasteiger partial charge is 0.495 e. The van der Waals surface area contributed by atoms with Crippen LogP contribution in [0.25, 0.3) is 0 Å². The van der Waals surface area contributed by atoms with Gasteiger partial charge in [0.2, 0.25) is 0 Å². The second-order valence-corrected chi connectivity index (χ2v) is 5.84. The van der Waals surface area contributed by atoms with Crippen LogP contribution in [0.5, 0.6) is 5.75 Å². The lowest BCUT2D eigenvalue weighted by Gasteiger charge is -2.39. The number of benzene rings is 1. The van der Waals surface area contributed by atoms with Crippen LogP contribution in [0.4, 0.5) is 10.5 Å². The number of rotatable bonds is 3. The molecule has 2 rings (SSSR count). The molecule has 1 aliphatic rings. The molecule has 1 N–H and O–H groups in total. The zero-order chi connectivity index (χ0) is 15.4. The summed E-state index contributed by atoms with van der Waals surface area (Å²) in [5, 5.41) is 2.94. The fourth-order valence-corrected chi connectivity index (χ4v) is 3.02. The van der Waals surface area contributed by atoms with Crippen molar-refractivity contribution in [1.82, 2.24) is 9.80 Å². The minimum Gasteiger partial charge on any atom is -0.495 e. The Morgan fingerprint density at radius 3 is 2.81 bits per heavy atom. The van der Waals surface area contributed by atoms with Crippen molar-refractivity contribution < 1.29 is 9.53 Å². The minimum atomic E-state index is -0.0825. The summed E-state index contributed by atoms with van der Waals surface area (Å²) in [7, 11) is 5.60. The number of hydrogen-bond acceptors (Lipinski definition) is 3. The maximum atomic E-state index is 12.5. The lowest BCUT2D eigenvalue weighted by molar-refractivity contribution is 0.113. The van der Waals surface area contributed by atoms with E-state index >= 15 is 0 Å². The zero-order valence-electron chi connectivity index (χ0n) is 13.3. The van der Waals surface area contributed by atoms with E-state index in [4.69, 9.17) is 4.74 Å². The normalized spacial score (nSPS) is 22.7. The molecule has 0 aliphatic carbocycles. The molecule has 2 atom stereocenters. The standard InChI is InChI=1S/C16H25N3O2/c1-12-11-18(2)10-9-14(12)19(3)16(20)17-13-7-5-6-8-15(13)21-4/h5-8,12,14H,9-11H2,1-4H3,(H,17,20)/t12-,14-/m0/s1. The number of piperidine rings is 1. The summed E-state index contributed by atoms with van der Waals surface area (Å²) >= 11 is 0. The number of hydrogen-bond donors (Lipinski definition) is 1. The van der Waals surface area contributed by atoms with Crippen molar-refractivity contribution in [2.75, 3.05) is 39.6 Å². The van der Waals surface area contributed by atoms with E-state index < -0.39 is 0 Å².